The summed E-state index contributed by atoms with van der Waals surface area (Å²) in [7, 11) is 5.94. The van der Waals surface area contributed by atoms with Crippen LogP contribution in [0.3, 0.4) is 0 Å². The number of hydrogen-bond donors (Lipinski definition) is 0. The molecule has 0 spiro atoms. The number of carboxylic acids is 1. The van der Waals surface area contributed by atoms with Crippen LogP contribution < -0.4 is 5.11 Å². The molecule has 0 amide bonds. The Labute approximate surface area is 491 Å². The van der Waals surface area contributed by atoms with Gasteiger partial charge in [0.25, 0.3) is 0 Å². The van der Waals surface area contributed by atoms with E-state index in [-0.39, 0.29) is 32.2 Å². The molecule has 0 aliphatic carbocycles. The maximum absolute atomic E-state index is 12.9. The van der Waals surface area contributed by atoms with E-state index in [1.165, 1.54) is 295 Å². The molecule has 0 rings (SSSR count). The van der Waals surface area contributed by atoms with Crippen molar-refractivity contribution in [3.05, 3.63) is 12.2 Å². The maximum Gasteiger partial charge on any atom is 0.306 e. The minimum absolute atomic E-state index is 0.152. The Morgan fingerprint density at radius 3 is 0.937 bits per heavy atom. The van der Waals surface area contributed by atoms with Gasteiger partial charge in [-0.1, -0.05) is 321 Å². The van der Waals surface area contributed by atoms with Gasteiger partial charge in [-0.15, -0.1) is 0 Å². The fourth-order valence-corrected chi connectivity index (χ4v) is 10.7. The Hall–Kier alpha value is -1.97. The number of carbonyl (C=O) groups is 3. The summed E-state index contributed by atoms with van der Waals surface area (Å²) in [5.74, 6) is -2.25. The number of quaternary nitrogens is 1. The molecule has 79 heavy (non-hydrogen) atoms. The summed E-state index contributed by atoms with van der Waals surface area (Å²) in [6.45, 7) is 4.83. The molecule has 0 saturated heterocycles. The molecule has 0 bridgehead atoms. The Morgan fingerprint density at radius 2 is 0.646 bits per heavy atom. The second-order valence-corrected chi connectivity index (χ2v) is 25.2. The molecule has 2 unspecified atom stereocenters. The molecule has 0 radical (unpaired) electrons. The highest BCUT2D eigenvalue weighted by Gasteiger charge is 2.22. The summed E-state index contributed by atoms with van der Waals surface area (Å²) in [5.41, 5.74) is 0. The van der Waals surface area contributed by atoms with E-state index in [4.69, 9.17) is 18.9 Å². The van der Waals surface area contributed by atoms with Crippen molar-refractivity contribution in [2.75, 3.05) is 47.5 Å². The van der Waals surface area contributed by atoms with Crippen LogP contribution in [0.5, 0.6) is 0 Å². The molecule has 9 nitrogen and oxygen atoms in total. The molecule has 0 aromatic carbocycles. The van der Waals surface area contributed by atoms with Gasteiger partial charge in [0.1, 0.15) is 13.2 Å². The summed E-state index contributed by atoms with van der Waals surface area (Å²) in [5, 5.41) is 11.8. The van der Waals surface area contributed by atoms with Gasteiger partial charge in [-0.2, -0.15) is 0 Å². The number of unbranched alkanes of at least 4 members (excludes halogenated alkanes) is 49. The van der Waals surface area contributed by atoms with Gasteiger partial charge in [0.15, 0.2) is 12.4 Å². The van der Waals surface area contributed by atoms with E-state index in [1.807, 2.05) is 21.1 Å². The zero-order valence-electron chi connectivity index (χ0n) is 53.5. The van der Waals surface area contributed by atoms with Crippen molar-refractivity contribution >= 4 is 17.9 Å². The number of hydrogen-bond acceptors (Lipinski definition) is 8. The third-order valence-corrected chi connectivity index (χ3v) is 16.0. The number of carboxylic acid groups (broad SMARTS) is 1. The molecule has 0 heterocycles. The smallest absolute Gasteiger partial charge is 0.306 e. The number of likely N-dealkylation sites (N-methyl/N-ethyl adjacent to an activating group) is 1. The fraction of sp³-hybridized carbons (Fsp3) is 0.929. The van der Waals surface area contributed by atoms with Crippen molar-refractivity contribution in [3.63, 3.8) is 0 Å². The largest absolute Gasteiger partial charge is 0.545 e. The quantitative estimate of drug-likeness (QED) is 0.0195. The van der Waals surface area contributed by atoms with Gasteiger partial charge in [0.2, 0.25) is 0 Å². The van der Waals surface area contributed by atoms with Gasteiger partial charge in [0.05, 0.1) is 40.3 Å². The number of rotatable bonds is 66. The summed E-state index contributed by atoms with van der Waals surface area (Å²) in [4.78, 5) is 37.4. The maximum atomic E-state index is 12.9. The zero-order chi connectivity index (χ0) is 57.6. The van der Waals surface area contributed by atoms with Crippen LogP contribution >= 0.6 is 0 Å². The van der Waals surface area contributed by atoms with Gasteiger partial charge in [0, 0.05) is 12.8 Å². The fourth-order valence-electron chi connectivity index (χ4n) is 10.7. The molecule has 2 atom stereocenters. The predicted octanol–water partition coefficient (Wildman–Crippen LogP) is 19.9. The van der Waals surface area contributed by atoms with Crippen LogP contribution in [0, 0.1) is 0 Å². The number of carbonyl (C=O) groups excluding carboxylic acids is 3. The topological polar surface area (TPSA) is 111 Å². The van der Waals surface area contributed by atoms with E-state index >= 15 is 0 Å². The minimum atomic E-state index is -1.62. The first-order chi connectivity index (χ1) is 38.6. The van der Waals surface area contributed by atoms with E-state index in [0.717, 1.165) is 38.5 Å². The average molecular weight is 1120 g/mol. The van der Waals surface area contributed by atoms with E-state index in [0.29, 0.717) is 17.4 Å². The molecule has 0 fully saturated rings. The van der Waals surface area contributed by atoms with E-state index < -0.39 is 24.3 Å². The predicted molar refractivity (Wildman–Crippen MR) is 334 cm³/mol. The summed E-state index contributed by atoms with van der Waals surface area (Å²) in [6.07, 6.45) is 71.6. The minimum Gasteiger partial charge on any atom is -0.545 e. The third kappa shape index (κ3) is 63.5. The zero-order valence-corrected chi connectivity index (χ0v) is 53.5. The highest BCUT2D eigenvalue weighted by atomic mass is 16.7. The molecule has 9 heteroatoms. The van der Waals surface area contributed by atoms with Gasteiger partial charge < -0.3 is 33.3 Å². The van der Waals surface area contributed by atoms with Crippen molar-refractivity contribution in [1.82, 2.24) is 0 Å². The second kappa shape index (κ2) is 62.1. The van der Waals surface area contributed by atoms with E-state index in [9.17, 15) is 19.5 Å². The number of aliphatic carboxylic acids is 1. The first kappa shape index (κ1) is 77.0. The Bertz CT molecular complexity index is 1300. The highest BCUT2D eigenvalue weighted by molar-refractivity contribution is 5.70. The Balaban J connectivity index is 4.04. The molecule has 0 aromatic rings. The molecule has 0 aliphatic rings. The first-order valence-corrected chi connectivity index (χ1v) is 34.8. The van der Waals surface area contributed by atoms with Crippen LogP contribution in [0.1, 0.15) is 361 Å². The van der Waals surface area contributed by atoms with Crippen molar-refractivity contribution < 1.29 is 42.9 Å². The normalized spacial score (nSPS) is 12.7. The first-order valence-electron chi connectivity index (χ1n) is 34.8. The van der Waals surface area contributed by atoms with Crippen LogP contribution in [-0.4, -0.2) is 82.3 Å². The number of ether oxygens (including phenoxy) is 4. The molecule has 0 aliphatic heterocycles. The SMILES string of the molecule is CCCCCCCCCC/C=C\CCCCCCCCCCCCCC(=O)OC(COC(=O)CCCCCCCCCCCCCCCCCCCCCCCCCCCCCCCCC)COC(OCC[N+](C)(C)C)C(=O)[O-]. The monoisotopic (exact) mass is 1120 g/mol. The lowest BCUT2D eigenvalue weighted by molar-refractivity contribution is -0.870. The van der Waals surface area contributed by atoms with Crippen molar-refractivity contribution in [2.45, 2.75) is 373 Å². The summed E-state index contributed by atoms with van der Waals surface area (Å²) >= 11 is 0. The van der Waals surface area contributed by atoms with Crippen LogP contribution in [0.2, 0.25) is 0 Å². The molecular weight excluding hydrogens is 983 g/mol. The van der Waals surface area contributed by atoms with Crippen LogP contribution in [-0.2, 0) is 33.3 Å². The molecule has 0 aromatic heterocycles. The lowest BCUT2D eigenvalue weighted by Gasteiger charge is -2.26. The average Bonchev–Trinajstić information content (AvgIpc) is 3.42. The lowest BCUT2D eigenvalue weighted by Crippen LogP contribution is -2.44. The molecule has 0 N–H and O–H groups in total. The summed E-state index contributed by atoms with van der Waals surface area (Å²) < 4.78 is 22.8. The van der Waals surface area contributed by atoms with Crippen molar-refractivity contribution in [1.29, 1.82) is 0 Å². The van der Waals surface area contributed by atoms with E-state index in [1.54, 1.807) is 0 Å². The number of nitrogens with zero attached hydrogens (tertiary/aromatic N) is 1. The standard InChI is InChI=1S/C70H135NO8/c1-6-8-10-12-14-16-18-20-22-24-26-28-30-31-32-33-34-35-36-37-39-40-42-44-46-48-50-52-54-56-58-60-67(72)77-64-66(65-78-70(69(74)75)76-63-62-71(3,4)5)79-68(73)61-59-57-55-53-51-49-47-45-43-41-38-29-27-25-23-21-19-17-15-13-11-9-7-2/h25,27,66,70H,6-24,26,28-65H2,1-5H3/b27-25-. The van der Waals surface area contributed by atoms with Crippen LogP contribution in [0.25, 0.3) is 0 Å². The summed E-state index contributed by atoms with van der Waals surface area (Å²) in [6, 6.07) is 0. The molecule has 0 saturated carbocycles. The van der Waals surface area contributed by atoms with Crippen molar-refractivity contribution in [2.24, 2.45) is 0 Å². The second-order valence-electron chi connectivity index (χ2n) is 25.2. The number of esters is 2. The van der Waals surface area contributed by atoms with Gasteiger partial charge >= 0.3 is 11.9 Å². The molecule has 468 valence electrons. The van der Waals surface area contributed by atoms with Gasteiger partial charge in [-0.25, -0.2) is 0 Å². The van der Waals surface area contributed by atoms with Gasteiger partial charge in [-0.05, 0) is 38.5 Å². The Morgan fingerprint density at radius 1 is 0.367 bits per heavy atom. The van der Waals surface area contributed by atoms with Crippen LogP contribution in [0.15, 0.2) is 12.2 Å². The van der Waals surface area contributed by atoms with Gasteiger partial charge in [-0.3, -0.25) is 9.59 Å². The molecular formula is C70H135NO8. The van der Waals surface area contributed by atoms with Crippen molar-refractivity contribution in [3.8, 4) is 0 Å². The highest BCUT2D eigenvalue weighted by Crippen LogP contribution is 2.19. The van der Waals surface area contributed by atoms with E-state index in [2.05, 4.69) is 26.0 Å². The van der Waals surface area contributed by atoms with Crippen LogP contribution in [0.4, 0.5) is 0 Å². The lowest BCUT2D eigenvalue weighted by atomic mass is 10.0. The number of allylic oxidation sites excluding steroid dienone is 2. The third-order valence-electron chi connectivity index (χ3n) is 16.0. The Kier molecular flexibility index (Phi) is 60.5.